The van der Waals surface area contributed by atoms with Crippen molar-refractivity contribution in [1.82, 2.24) is 5.06 Å². The van der Waals surface area contributed by atoms with Gasteiger partial charge in [-0.25, -0.2) is 9.86 Å². The largest absolute Gasteiger partial charge is 0.508 e. The van der Waals surface area contributed by atoms with Crippen LogP contribution in [0, 0.1) is 5.92 Å². The summed E-state index contributed by atoms with van der Waals surface area (Å²) in [6, 6.07) is 14.6. The van der Waals surface area contributed by atoms with Gasteiger partial charge in [-0.2, -0.15) is 0 Å². The highest BCUT2D eigenvalue weighted by atomic mass is 16.7. The van der Waals surface area contributed by atoms with Crippen molar-refractivity contribution in [3.05, 3.63) is 71.8 Å². The lowest BCUT2D eigenvalue weighted by Crippen LogP contribution is -2.28. The Morgan fingerprint density at radius 3 is 2.34 bits per heavy atom. The van der Waals surface area contributed by atoms with Gasteiger partial charge in [0.15, 0.2) is 0 Å². The predicted octanol–water partition coefficient (Wildman–Crippen LogP) is 4.25. The van der Waals surface area contributed by atoms with Crippen LogP contribution in [-0.4, -0.2) is 47.9 Å². The van der Waals surface area contributed by atoms with Crippen LogP contribution in [-0.2, 0) is 20.8 Å². The number of rotatable bonds is 3. The van der Waals surface area contributed by atoms with E-state index in [0.29, 0.717) is 18.4 Å². The molecule has 7 nitrogen and oxygen atoms in total. The predicted molar refractivity (Wildman–Crippen MR) is 121 cm³/mol. The lowest BCUT2D eigenvalue weighted by atomic mass is 9.88. The number of phenols is 2. The van der Waals surface area contributed by atoms with Crippen LogP contribution in [0.1, 0.15) is 41.6 Å². The van der Waals surface area contributed by atoms with E-state index >= 15 is 0 Å². The number of phenolic OH excluding ortho intramolecular Hbond substituents is 2. The topological polar surface area (TPSA) is 96.3 Å². The number of carbonyl (C=O) groups excluding carboxylic acids is 2. The molecule has 0 bridgehead atoms. The minimum absolute atomic E-state index is 0.0462. The lowest BCUT2D eigenvalue weighted by molar-refractivity contribution is -0.169. The number of cyclic esters (lactones) is 1. The molecule has 2 N–H and O–H groups in total. The molecule has 1 amide bonds. The Hall–Kier alpha value is -3.32. The van der Waals surface area contributed by atoms with Crippen LogP contribution < -0.4 is 0 Å². The second-order valence-corrected chi connectivity index (χ2v) is 7.48. The Morgan fingerprint density at radius 2 is 1.72 bits per heavy atom. The fraction of sp³-hybridized carbons (Fsp3) is 0.360. The third kappa shape index (κ3) is 8.07. The van der Waals surface area contributed by atoms with Crippen LogP contribution in [0.5, 0.6) is 11.5 Å². The Kier molecular flexibility index (Phi) is 10.3. The highest BCUT2D eigenvalue weighted by Crippen LogP contribution is 2.31. The number of allylic oxidation sites excluding steroid dienone is 1. The van der Waals surface area contributed by atoms with Crippen LogP contribution in [0.2, 0.25) is 0 Å². The molecule has 0 aromatic heterocycles. The number of ether oxygens (including phenoxy) is 1. The van der Waals surface area contributed by atoms with Crippen molar-refractivity contribution >= 4 is 11.9 Å². The van der Waals surface area contributed by atoms with Crippen molar-refractivity contribution in [2.45, 2.75) is 32.1 Å². The first-order valence-electron chi connectivity index (χ1n) is 10.6. The van der Waals surface area contributed by atoms with E-state index in [1.54, 1.807) is 7.05 Å². The molecule has 0 aliphatic carbocycles. The number of benzene rings is 2. The highest BCUT2D eigenvalue weighted by molar-refractivity contribution is 5.94. The first kappa shape index (κ1) is 24.9. The fourth-order valence-electron chi connectivity index (χ4n) is 3.37. The average Bonchev–Trinajstić information content (AvgIpc) is 2.78. The summed E-state index contributed by atoms with van der Waals surface area (Å²) in [4.78, 5) is 29.5. The van der Waals surface area contributed by atoms with Crippen LogP contribution in [0.15, 0.2) is 60.7 Å². The molecule has 0 radical (unpaired) electrons. The van der Waals surface area contributed by atoms with Crippen LogP contribution in [0.4, 0.5) is 0 Å². The van der Waals surface area contributed by atoms with E-state index in [1.165, 1.54) is 18.2 Å². The SMILES string of the molecule is CON(C)C(=O)CC1CC/C=C/CCOC(=O)c2c(O)cc(O)cc2C1.c1ccccc1. The highest BCUT2D eigenvalue weighted by Gasteiger charge is 2.24. The Labute approximate surface area is 188 Å². The summed E-state index contributed by atoms with van der Waals surface area (Å²) in [5.41, 5.74) is 0.514. The van der Waals surface area contributed by atoms with Gasteiger partial charge in [-0.05, 0) is 43.2 Å². The van der Waals surface area contributed by atoms with E-state index in [9.17, 15) is 19.8 Å². The second kappa shape index (κ2) is 13.2. The van der Waals surface area contributed by atoms with Crippen LogP contribution in [0.3, 0.4) is 0 Å². The van der Waals surface area contributed by atoms with E-state index in [-0.39, 0.29) is 41.9 Å². The maximum absolute atomic E-state index is 12.4. The van der Waals surface area contributed by atoms with Crippen molar-refractivity contribution in [2.75, 3.05) is 20.8 Å². The van der Waals surface area contributed by atoms with Gasteiger partial charge in [0, 0.05) is 19.5 Å². The van der Waals surface area contributed by atoms with Gasteiger partial charge in [0.2, 0.25) is 5.91 Å². The molecule has 2 aromatic carbocycles. The van der Waals surface area contributed by atoms with E-state index in [4.69, 9.17) is 9.57 Å². The van der Waals surface area contributed by atoms with Gasteiger partial charge < -0.3 is 14.9 Å². The summed E-state index contributed by atoms with van der Waals surface area (Å²) < 4.78 is 5.21. The zero-order valence-corrected chi connectivity index (χ0v) is 18.6. The second-order valence-electron chi connectivity index (χ2n) is 7.48. The van der Waals surface area contributed by atoms with Crippen molar-refractivity contribution in [1.29, 1.82) is 0 Å². The monoisotopic (exact) mass is 441 g/mol. The number of aromatic hydroxyl groups is 2. The number of hydroxylamine groups is 2. The van der Waals surface area contributed by atoms with Crippen molar-refractivity contribution in [2.24, 2.45) is 5.92 Å². The van der Waals surface area contributed by atoms with Gasteiger partial charge in [-0.3, -0.25) is 9.63 Å². The molecular weight excluding hydrogens is 410 g/mol. The van der Waals surface area contributed by atoms with E-state index in [1.807, 2.05) is 48.6 Å². The summed E-state index contributed by atoms with van der Waals surface area (Å²) in [6.07, 6.45) is 6.61. The maximum atomic E-state index is 12.4. The molecular formula is C25H31NO6. The third-order valence-corrected chi connectivity index (χ3v) is 5.08. The summed E-state index contributed by atoms with van der Waals surface area (Å²) >= 11 is 0. The van der Waals surface area contributed by atoms with Gasteiger partial charge >= 0.3 is 5.97 Å². The minimum Gasteiger partial charge on any atom is -0.508 e. The normalized spacial score (nSPS) is 17.3. The Morgan fingerprint density at radius 1 is 1.09 bits per heavy atom. The number of fused-ring (bicyclic) bond motifs is 1. The molecule has 0 saturated heterocycles. The number of hydrogen-bond acceptors (Lipinski definition) is 6. The third-order valence-electron chi connectivity index (χ3n) is 5.08. The van der Waals surface area contributed by atoms with Gasteiger partial charge in [-0.15, -0.1) is 0 Å². The lowest BCUT2D eigenvalue weighted by Gasteiger charge is -2.21. The molecule has 0 spiro atoms. The molecule has 7 heteroatoms. The molecule has 1 unspecified atom stereocenters. The molecule has 172 valence electrons. The smallest absolute Gasteiger partial charge is 0.342 e. The summed E-state index contributed by atoms with van der Waals surface area (Å²) in [5, 5.41) is 21.1. The number of carbonyl (C=O) groups is 2. The molecule has 3 rings (SSSR count). The van der Waals surface area contributed by atoms with E-state index in [2.05, 4.69) is 0 Å². The van der Waals surface area contributed by atoms with Gasteiger partial charge in [0.25, 0.3) is 0 Å². The summed E-state index contributed by atoms with van der Waals surface area (Å²) in [6.45, 7) is 0.218. The Bertz CT molecular complexity index is 870. The molecule has 1 atom stereocenters. The minimum atomic E-state index is -0.634. The first-order valence-corrected chi connectivity index (χ1v) is 10.6. The number of esters is 1. The molecule has 1 aliphatic rings. The van der Waals surface area contributed by atoms with E-state index in [0.717, 1.165) is 18.9 Å². The summed E-state index contributed by atoms with van der Waals surface area (Å²) in [5.74, 6) is -1.36. The molecule has 0 fully saturated rings. The van der Waals surface area contributed by atoms with Crippen molar-refractivity contribution in [3.8, 4) is 11.5 Å². The quantitative estimate of drug-likeness (QED) is 0.420. The van der Waals surface area contributed by atoms with Crippen molar-refractivity contribution in [3.63, 3.8) is 0 Å². The van der Waals surface area contributed by atoms with Gasteiger partial charge in [-0.1, -0.05) is 48.6 Å². The molecule has 1 aliphatic heterocycles. The average molecular weight is 442 g/mol. The fourth-order valence-corrected chi connectivity index (χ4v) is 3.37. The number of nitrogens with zero attached hydrogens (tertiary/aromatic N) is 1. The standard InChI is InChI=1S/C19H25NO6.C6H6/c1-20(25-2)17(23)10-13-7-5-3-4-6-8-26-19(24)18-14(9-13)11-15(21)12-16(18)22;1-2-4-6-5-3-1/h3-4,11-13,21-22H,5-10H2,1-2H3;1-6H/b4-3+;. The van der Waals surface area contributed by atoms with Gasteiger partial charge in [0.05, 0.1) is 13.7 Å². The molecule has 2 aromatic rings. The van der Waals surface area contributed by atoms with Crippen LogP contribution >= 0.6 is 0 Å². The Balaban J connectivity index is 0.000000520. The molecule has 0 saturated carbocycles. The van der Waals surface area contributed by atoms with Gasteiger partial charge in [0.1, 0.15) is 17.1 Å². The molecule has 1 heterocycles. The first-order chi connectivity index (χ1) is 15.4. The summed E-state index contributed by atoms with van der Waals surface area (Å²) in [7, 11) is 2.96. The number of hydrogen-bond donors (Lipinski definition) is 2. The maximum Gasteiger partial charge on any atom is 0.342 e. The molecule has 32 heavy (non-hydrogen) atoms. The van der Waals surface area contributed by atoms with E-state index < -0.39 is 5.97 Å². The zero-order valence-electron chi connectivity index (χ0n) is 18.6. The van der Waals surface area contributed by atoms with Crippen molar-refractivity contribution < 1.29 is 29.4 Å². The zero-order chi connectivity index (χ0) is 23.3. The number of amides is 1. The van der Waals surface area contributed by atoms with Crippen LogP contribution in [0.25, 0.3) is 0 Å².